The van der Waals surface area contributed by atoms with Crippen LogP contribution in [0.2, 0.25) is 0 Å². The first kappa shape index (κ1) is 31.2. The van der Waals surface area contributed by atoms with Gasteiger partial charge in [0.1, 0.15) is 11.2 Å². The first-order chi connectivity index (χ1) is 27.3. The standard InChI is InChI=1S/C52H34N2O/c1-3-15-35(16-4-1)37-19-13-20-38(31-37)53(39-21-14-22-40(32-39)54-49-27-11-9-24-43(49)44-25-10-12-28-50(44)54)41-29-30-51-47(33-41)48-34-46(36-17-5-2-6-18-36)42-23-7-8-26-45(42)52(48)55-51/h1-34H. The van der Waals surface area contributed by atoms with Crippen molar-refractivity contribution in [2.24, 2.45) is 0 Å². The molecule has 0 aliphatic rings. The molecule has 0 spiro atoms. The monoisotopic (exact) mass is 702 g/mol. The fourth-order valence-corrected chi connectivity index (χ4v) is 8.46. The molecule has 0 atom stereocenters. The van der Waals surface area contributed by atoms with E-state index in [1.165, 1.54) is 43.9 Å². The van der Waals surface area contributed by atoms with Crippen LogP contribution in [0.4, 0.5) is 17.1 Å². The largest absolute Gasteiger partial charge is 0.455 e. The molecular formula is C52H34N2O. The van der Waals surface area contributed by atoms with Crippen LogP contribution in [0.1, 0.15) is 0 Å². The summed E-state index contributed by atoms with van der Waals surface area (Å²) in [7, 11) is 0. The van der Waals surface area contributed by atoms with Gasteiger partial charge in [-0.05, 0) is 94.4 Å². The molecule has 0 radical (unpaired) electrons. The van der Waals surface area contributed by atoms with Crippen LogP contribution >= 0.6 is 0 Å². The summed E-state index contributed by atoms with van der Waals surface area (Å²) in [5.74, 6) is 0. The molecule has 2 aromatic heterocycles. The van der Waals surface area contributed by atoms with E-state index in [9.17, 15) is 0 Å². The van der Waals surface area contributed by atoms with Crippen molar-refractivity contribution >= 4 is 71.6 Å². The van der Waals surface area contributed by atoms with Gasteiger partial charge < -0.3 is 13.9 Å². The number of anilines is 3. The summed E-state index contributed by atoms with van der Waals surface area (Å²) >= 11 is 0. The van der Waals surface area contributed by atoms with Crippen LogP contribution < -0.4 is 4.90 Å². The predicted octanol–water partition coefficient (Wildman–Crippen LogP) is 14.6. The summed E-state index contributed by atoms with van der Waals surface area (Å²) in [4.78, 5) is 2.38. The summed E-state index contributed by atoms with van der Waals surface area (Å²) in [6, 6.07) is 73.9. The second-order valence-electron chi connectivity index (χ2n) is 14.1. The summed E-state index contributed by atoms with van der Waals surface area (Å²) in [6.07, 6.45) is 0. The summed E-state index contributed by atoms with van der Waals surface area (Å²) in [5.41, 5.74) is 13.2. The number of aromatic nitrogens is 1. The van der Waals surface area contributed by atoms with Crippen molar-refractivity contribution in [1.29, 1.82) is 0 Å². The first-order valence-electron chi connectivity index (χ1n) is 18.8. The number of fused-ring (bicyclic) bond motifs is 8. The molecule has 258 valence electrons. The Balaban J connectivity index is 1.15. The van der Waals surface area contributed by atoms with E-state index in [0.717, 1.165) is 55.6 Å². The van der Waals surface area contributed by atoms with E-state index in [-0.39, 0.29) is 0 Å². The van der Waals surface area contributed by atoms with E-state index in [0.29, 0.717) is 0 Å². The van der Waals surface area contributed by atoms with E-state index in [4.69, 9.17) is 4.42 Å². The SMILES string of the molecule is c1ccc(-c2cccc(N(c3cccc(-n4c5ccccc5c5ccccc54)c3)c3ccc4oc5c6ccccc6c(-c6ccccc6)cc5c4c3)c2)cc1. The second kappa shape index (κ2) is 12.6. The highest BCUT2D eigenvalue weighted by molar-refractivity contribution is 6.19. The number of furan rings is 1. The van der Waals surface area contributed by atoms with Crippen molar-refractivity contribution in [2.45, 2.75) is 0 Å². The van der Waals surface area contributed by atoms with Crippen LogP contribution in [0.3, 0.4) is 0 Å². The molecule has 3 nitrogen and oxygen atoms in total. The lowest BCUT2D eigenvalue weighted by Gasteiger charge is -2.27. The van der Waals surface area contributed by atoms with Crippen LogP contribution in [-0.4, -0.2) is 4.57 Å². The van der Waals surface area contributed by atoms with Gasteiger partial charge in [-0.1, -0.05) is 140 Å². The van der Waals surface area contributed by atoms with Gasteiger partial charge in [-0.15, -0.1) is 0 Å². The molecular weight excluding hydrogens is 669 g/mol. The fraction of sp³-hybridized carbons (Fsp3) is 0. The Hall–Kier alpha value is -7.36. The van der Waals surface area contributed by atoms with Gasteiger partial charge in [0.25, 0.3) is 0 Å². The van der Waals surface area contributed by atoms with Gasteiger partial charge in [-0.25, -0.2) is 0 Å². The van der Waals surface area contributed by atoms with Crippen LogP contribution in [0.25, 0.3) is 82.5 Å². The van der Waals surface area contributed by atoms with E-state index in [2.05, 4.69) is 216 Å². The highest BCUT2D eigenvalue weighted by Crippen LogP contribution is 2.44. The molecule has 0 aliphatic carbocycles. The average Bonchev–Trinajstić information content (AvgIpc) is 3.80. The van der Waals surface area contributed by atoms with Gasteiger partial charge in [0.2, 0.25) is 0 Å². The molecule has 0 aliphatic heterocycles. The minimum absolute atomic E-state index is 0.867. The van der Waals surface area contributed by atoms with Crippen molar-refractivity contribution < 1.29 is 4.42 Å². The Bertz CT molecular complexity index is 3160. The number of nitrogens with zero attached hydrogens (tertiary/aromatic N) is 2. The highest BCUT2D eigenvalue weighted by Gasteiger charge is 2.20. The van der Waals surface area contributed by atoms with Gasteiger partial charge in [0.15, 0.2) is 0 Å². The Labute approximate surface area is 318 Å². The molecule has 9 aromatic carbocycles. The van der Waals surface area contributed by atoms with Crippen molar-refractivity contribution in [2.75, 3.05) is 4.90 Å². The molecule has 11 rings (SSSR count). The zero-order valence-corrected chi connectivity index (χ0v) is 29.9. The van der Waals surface area contributed by atoms with Crippen molar-refractivity contribution in [1.82, 2.24) is 4.57 Å². The van der Waals surface area contributed by atoms with Crippen LogP contribution in [-0.2, 0) is 0 Å². The van der Waals surface area contributed by atoms with E-state index >= 15 is 0 Å². The molecule has 3 heteroatoms. The number of hydrogen-bond donors (Lipinski definition) is 0. The van der Waals surface area contributed by atoms with Gasteiger partial charge in [-0.2, -0.15) is 0 Å². The minimum Gasteiger partial charge on any atom is -0.455 e. The first-order valence-corrected chi connectivity index (χ1v) is 18.8. The topological polar surface area (TPSA) is 21.3 Å². The average molecular weight is 703 g/mol. The Morgan fingerprint density at radius 3 is 1.64 bits per heavy atom. The van der Waals surface area contributed by atoms with Crippen LogP contribution in [0, 0.1) is 0 Å². The van der Waals surface area contributed by atoms with Crippen molar-refractivity contribution in [3.8, 4) is 27.9 Å². The van der Waals surface area contributed by atoms with Crippen molar-refractivity contribution in [3.05, 3.63) is 206 Å². The molecule has 2 heterocycles. The smallest absolute Gasteiger partial charge is 0.143 e. The highest BCUT2D eigenvalue weighted by atomic mass is 16.3. The second-order valence-corrected chi connectivity index (χ2v) is 14.1. The Kier molecular flexibility index (Phi) is 7.17. The molecule has 55 heavy (non-hydrogen) atoms. The summed E-state index contributed by atoms with van der Waals surface area (Å²) in [6.45, 7) is 0. The van der Waals surface area contributed by atoms with Gasteiger partial charge in [0, 0.05) is 49.7 Å². The maximum absolute atomic E-state index is 6.71. The Morgan fingerprint density at radius 2 is 0.909 bits per heavy atom. The summed E-state index contributed by atoms with van der Waals surface area (Å²) < 4.78 is 9.09. The molecule has 0 fully saturated rings. The molecule has 0 unspecified atom stereocenters. The molecule has 11 aromatic rings. The van der Waals surface area contributed by atoms with Crippen LogP contribution in [0.15, 0.2) is 211 Å². The quantitative estimate of drug-likeness (QED) is 0.172. The maximum Gasteiger partial charge on any atom is 0.143 e. The predicted molar refractivity (Wildman–Crippen MR) is 231 cm³/mol. The Morgan fingerprint density at radius 1 is 0.345 bits per heavy atom. The molecule has 0 saturated heterocycles. The lowest BCUT2D eigenvalue weighted by atomic mass is 9.95. The minimum atomic E-state index is 0.867. The molecule has 0 bridgehead atoms. The fourth-order valence-electron chi connectivity index (χ4n) is 8.46. The van der Waals surface area contributed by atoms with Gasteiger partial charge >= 0.3 is 0 Å². The number of para-hydroxylation sites is 2. The third-order valence-corrected chi connectivity index (χ3v) is 10.9. The van der Waals surface area contributed by atoms with E-state index in [1.807, 2.05) is 0 Å². The molecule has 0 saturated carbocycles. The van der Waals surface area contributed by atoms with E-state index < -0.39 is 0 Å². The summed E-state index contributed by atoms with van der Waals surface area (Å²) in [5, 5.41) is 6.97. The maximum atomic E-state index is 6.71. The lowest BCUT2D eigenvalue weighted by molar-refractivity contribution is 0.672. The van der Waals surface area contributed by atoms with Crippen LogP contribution in [0.5, 0.6) is 0 Å². The van der Waals surface area contributed by atoms with Gasteiger partial charge in [-0.3, -0.25) is 0 Å². The molecule has 0 N–H and O–H groups in total. The third-order valence-electron chi connectivity index (χ3n) is 10.9. The van der Waals surface area contributed by atoms with Gasteiger partial charge in [0.05, 0.1) is 11.0 Å². The number of benzene rings is 9. The third kappa shape index (κ3) is 5.13. The zero-order valence-electron chi connectivity index (χ0n) is 29.9. The number of rotatable bonds is 6. The van der Waals surface area contributed by atoms with E-state index in [1.54, 1.807) is 0 Å². The zero-order chi connectivity index (χ0) is 36.3. The molecule has 0 amide bonds. The van der Waals surface area contributed by atoms with Crippen molar-refractivity contribution in [3.63, 3.8) is 0 Å². The normalized spacial score (nSPS) is 11.6. The lowest BCUT2D eigenvalue weighted by Crippen LogP contribution is -2.10. The number of hydrogen-bond acceptors (Lipinski definition) is 2.